The first-order valence-corrected chi connectivity index (χ1v) is 8.85. The minimum absolute atomic E-state index is 0.269. The van der Waals surface area contributed by atoms with Crippen LogP contribution in [0.1, 0.15) is 44.7 Å². The number of rotatable bonds is 4. The average Bonchev–Trinajstić information content (AvgIpc) is 3.31. The lowest BCUT2D eigenvalue weighted by Crippen LogP contribution is -2.49. The third kappa shape index (κ3) is 2.95. The second kappa shape index (κ2) is 6.03. The van der Waals surface area contributed by atoms with Crippen LogP contribution in [0.4, 0.5) is 5.69 Å². The van der Waals surface area contributed by atoms with Gasteiger partial charge in [0.15, 0.2) is 0 Å². The van der Waals surface area contributed by atoms with Gasteiger partial charge in [0, 0.05) is 38.5 Å². The van der Waals surface area contributed by atoms with E-state index < -0.39 is 0 Å². The molecule has 128 valence electrons. The van der Waals surface area contributed by atoms with E-state index in [1.54, 1.807) is 10.8 Å². The highest BCUT2D eigenvalue weighted by atomic mass is 16.2. The molecule has 0 spiro atoms. The van der Waals surface area contributed by atoms with Crippen molar-refractivity contribution in [2.45, 2.75) is 39.0 Å². The molecular weight excluding hydrogens is 304 g/mol. The number of aromatic nitrogens is 4. The average molecular weight is 328 g/mol. The zero-order valence-electron chi connectivity index (χ0n) is 14.4. The molecule has 0 aromatic carbocycles. The molecular formula is C17H24N6O. The van der Waals surface area contributed by atoms with Gasteiger partial charge in [0.25, 0.3) is 0 Å². The van der Waals surface area contributed by atoms with Crippen LogP contribution in [0.2, 0.25) is 0 Å². The van der Waals surface area contributed by atoms with Crippen molar-refractivity contribution in [2.24, 2.45) is 5.92 Å². The molecule has 0 atom stereocenters. The van der Waals surface area contributed by atoms with E-state index in [-0.39, 0.29) is 5.91 Å². The molecule has 2 aromatic rings. The van der Waals surface area contributed by atoms with E-state index in [0.717, 1.165) is 43.2 Å². The molecule has 2 aromatic heterocycles. The van der Waals surface area contributed by atoms with Crippen LogP contribution in [0.25, 0.3) is 5.65 Å². The summed E-state index contributed by atoms with van der Waals surface area (Å²) in [5.74, 6) is 1.27. The highest BCUT2D eigenvalue weighted by molar-refractivity contribution is 5.77. The van der Waals surface area contributed by atoms with Crippen LogP contribution in [-0.2, 0) is 4.79 Å². The summed E-state index contributed by atoms with van der Waals surface area (Å²) in [4.78, 5) is 16.5. The van der Waals surface area contributed by atoms with Crippen molar-refractivity contribution in [1.82, 2.24) is 24.7 Å². The topological polar surface area (TPSA) is 66.6 Å². The molecule has 2 aliphatic rings. The predicted molar refractivity (Wildman–Crippen MR) is 91.0 cm³/mol. The van der Waals surface area contributed by atoms with E-state index >= 15 is 0 Å². The Labute approximate surface area is 141 Å². The number of piperazine rings is 1. The standard InChI is InChI=1S/C17H24N6O/c1-12(2)9-16(24)22-7-5-21(6-8-22)15-10-14(13-3-4-13)20-23-11-18-19-17(15)23/h10-13H,3-9H2,1-2H3. The monoisotopic (exact) mass is 328 g/mol. The van der Waals surface area contributed by atoms with E-state index in [9.17, 15) is 4.79 Å². The van der Waals surface area contributed by atoms with E-state index in [1.807, 2.05) is 4.90 Å². The fourth-order valence-corrected chi connectivity index (χ4v) is 3.32. The fourth-order valence-electron chi connectivity index (χ4n) is 3.32. The third-order valence-electron chi connectivity index (χ3n) is 4.82. The third-order valence-corrected chi connectivity index (χ3v) is 4.82. The summed E-state index contributed by atoms with van der Waals surface area (Å²) < 4.78 is 1.79. The zero-order chi connectivity index (χ0) is 16.7. The number of nitrogens with zero attached hydrogens (tertiary/aromatic N) is 6. The second-order valence-electron chi connectivity index (χ2n) is 7.29. The maximum Gasteiger partial charge on any atom is 0.222 e. The van der Waals surface area contributed by atoms with Gasteiger partial charge in [0.2, 0.25) is 11.6 Å². The van der Waals surface area contributed by atoms with Gasteiger partial charge < -0.3 is 9.80 Å². The van der Waals surface area contributed by atoms with Crippen LogP contribution in [0.15, 0.2) is 12.4 Å². The summed E-state index contributed by atoms with van der Waals surface area (Å²) in [7, 11) is 0. The Morgan fingerprint density at radius 3 is 2.67 bits per heavy atom. The van der Waals surface area contributed by atoms with E-state index in [1.165, 1.54) is 12.8 Å². The lowest BCUT2D eigenvalue weighted by atomic mass is 10.1. The Morgan fingerprint density at radius 1 is 1.25 bits per heavy atom. The number of carbonyl (C=O) groups is 1. The van der Waals surface area contributed by atoms with E-state index in [4.69, 9.17) is 0 Å². The quantitative estimate of drug-likeness (QED) is 0.854. The first-order chi connectivity index (χ1) is 11.6. The molecule has 3 heterocycles. The van der Waals surface area contributed by atoms with Crippen LogP contribution < -0.4 is 4.90 Å². The van der Waals surface area contributed by atoms with E-state index in [0.29, 0.717) is 18.3 Å². The van der Waals surface area contributed by atoms with Gasteiger partial charge in [-0.2, -0.15) is 9.61 Å². The number of anilines is 1. The number of carbonyl (C=O) groups excluding carboxylic acids is 1. The summed E-state index contributed by atoms with van der Waals surface area (Å²) in [6.45, 7) is 7.39. The van der Waals surface area contributed by atoms with Crippen molar-refractivity contribution in [1.29, 1.82) is 0 Å². The molecule has 0 radical (unpaired) electrons. The Kier molecular flexibility index (Phi) is 3.86. The molecule has 1 amide bonds. The minimum atomic E-state index is 0.269. The van der Waals surface area contributed by atoms with Gasteiger partial charge in [-0.25, -0.2) is 0 Å². The lowest BCUT2D eigenvalue weighted by Gasteiger charge is -2.36. The van der Waals surface area contributed by atoms with E-state index in [2.05, 4.69) is 40.1 Å². The van der Waals surface area contributed by atoms with Gasteiger partial charge in [0.1, 0.15) is 6.33 Å². The lowest BCUT2D eigenvalue weighted by molar-refractivity contribution is -0.132. The smallest absolute Gasteiger partial charge is 0.222 e. The molecule has 0 bridgehead atoms. The number of hydrogen-bond acceptors (Lipinski definition) is 5. The molecule has 24 heavy (non-hydrogen) atoms. The van der Waals surface area contributed by atoms with Crippen molar-refractivity contribution in [3.05, 3.63) is 18.1 Å². The first kappa shape index (κ1) is 15.4. The summed E-state index contributed by atoms with van der Waals surface area (Å²) >= 11 is 0. The highest BCUT2D eigenvalue weighted by Crippen LogP contribution is 2.40. The second-order valence-corrected chi connectivity index (χ2v) is 7.29. The van der Waals surface area contributed by atoms with Gasteiger partial charge in [-0.1, -0.05) is 13.8 Å². The fraction of sp³-hybridized carbons (Fsp3) is 0.647. The molecule has 1 aliphatic heterocycles. The summed E-state index contributed by atoms with van der Waals surface area (Å²) in [5, 5.41) is 12.9. The predicted octanol–water partition coefficient (Wildman–Crippen LogP) is 1.70. The van der Waals surface area contributed by atoms with Crippen LogP contribution in [-0.4, -0.2) is 56.8 Å². The van der Waals surface area contributed by atoms with Gasteiger partial charge in [-0.05, 0) is 24.8 Å². The Hall–Kier alpha value is -2.18. The van der Waals surface area contributed by atoms with Gasteiger partial charge in [-0.3, -0.25) is 4.79 Å². The van der Waals surface area contributed by atoms with Crippen molar-refractivity contribution in [3.63, 3.8) is 0 Å². The number of amides is 1. The normalized spacial score (nSPS) is 18.6. The van der Waals surface area contributed by atoms with Gasteiger partial charge in [-0.15, -0.1) is 10.2 Å². The van der Waals surface area contributed by atoms with Crippen LogP contribution in [0.5, 0.6) is 0 Å². The maximum absolute atomic E-state index is 12.2. The van der Waals surface area contributed by atoms with Crippen LogP contribution >= 0.6 is 0 Å². The van der Waals surface area contributed by atoms with Crippen molar-refractivity contribution in [3.8, 4) is 0 Å². The molecule has 1 saturated heterocycles. The summed E-state index contributed by atoms with van der Waals surface area (Å²) in [6.07, 6.45) is 4.75. The highest BCUT2D eigenvalue weighted by Gasteiger charge is 2.29. The molecule has 0 unspecified atom stereocenters. The maximum atomic E-state index is 12.2. The molecule has 4 rings (SSSR count). The summed E-state index contributed by atoms with van der Waals surface area (Å²) in [6, 6.07) is 2.17. The Balaban J connectivity index is 1.52. The molecule has 7 nitrogen and oxygen atoms in total. The summed E-state index contributed by atoms with van der Waals surface area (Å²) in [5.41, 5.74) is 3.04. The Morgan fingerprint density at radius 2 is 2.00 bits per heavy atom. The van der Waals surface area contributed by atoms with Gasteiger partial charge in [0.05, 0.1) is 11.4 Å². The minimum Gasteiger partial charge on any atom is -0.365 e. The largest absolute Gasteiger partial charge is 0.365 e. The van der Waals surface area contributed by atoms with Crippen LogP contribution in [0.3, 0.4) is 0 Å². The molecule has 7 heteroatoms. The van der Waals surface area contributed by atoms with Gasteiger partial charge >= 0.3 is 0 Å². The van der Waals surface area contributed by atoms with Crippen molar-refractivity contribution in [2.75, 3.05) is 31.1 Å². The molecule has 1 saturated carbocycles. The number of fused-ring (bicyclic) bond motifs is 1. The first-order valence-electron chi connectivity index (χ1n) is 8.85. The van der Waals surface area contributed by atoms with Crippen LogP contribution in [0, 0.1) is 5.92 Å². The Bertz CT molecular complexity index is 743. The number of hydrogen-bond donors (Lipinski definition) is 0. The SMILES string of the molecule is CC(C)CC(=O)N1CCN(c2cc(C3CC3)nn3cnnc23)CC1. The zero-order valence-corrected chi connectivity index (χ0v) is 14.4. The van der Waals surface area contributed by atoms with Crippen molar-refractivity contribution < 1.29 is 4.79 Å². The molecule has 0 N–H and O–H groups in total. The van der Waals surface area contributed by atoms with Crippen molar-refractivity contribution >= 4 is 17.2 Å². The molecule has 1 aliphatic carbocycles. The molecule has 2 fully saturated rings.